The molecule has 1 amide bonds. The van der Waals surface area contributed by atoms with Gasteiger partial charge in [-0.25, -0.2) is 4.79 Å². The number of amides is 1. The van der Waals surface area contributed by atoms with Crippen LogP contribution in [0.1, 0.15) is 42.6 Å². The summed E-state index contributed by atoms with van der Waals surface area (Å²) in [5.41, 5.74) is 0.190. The Morgan fingerprint density at radius 3 is 2.37 bits per heavy atom. The minimum Gasteiger partial charge on any atom is -0.480 e. The SMILES string of the molecule is CCC(CC)(NC(=O)c1cc(C)ccc1Br)C(=O)O. The van der Waals surface area contributed by atoms with Gasteiger partial charge in [0, 0.05) is 4.47 Å². The first-order chi connectivity index (χ1) is 8.86. The van der Waals surface area contributed by atoms with Gasteiger partial charge in [0.05, 0.1) is 5.56 Å². The predicted molar refractivity (Wildman–Crippen MR) is 77.3 cm³/mol. The zero-order chi connectivity index (χ0) is 14.6. The van der Waals surface area contributed by atoms with Crippen LogP contribution < -0.4 is 5.32 Å². The summed E-state index contributed by atoms with van der Waals surface area (Å²) in [5, 5.41) is 12.0. The molecule has 0 bridgehead atoms. The normalized spacial score (nSPS) is 11.2. The molecule has 1 rings (SSSR count). The Kier molecular flexibility index (Phi) is 5.11. The number of aliphatic carboxylic acids is 1. The topological polar surface area (TPSA) is 66.4 Å². The van der Waals surface area contributed by atoms with Crippen molar-refractivity contribution in [1.82, 2.24) is 5.32 Å². The van der Waals surface area contributed by atoms with Gasteiger partial charge in [0.1, 0.15) is 5.54 Å². The zero-order valence-corrected chi connectivity index (χ0v) is 12.9. The maximum Gasteiger partial charge on any atom is 0.329 e. The highest BCUT2D eigenvalue weighted by atomic mass is 79.9. The van der Waals surface area contributed by atoms with E-state index >= 15 is 0 Å². The van der Waals surface area contributed by atoms with Crippen molar-refractivity contribution in [1.29, 1.82) is 0 Å². The van der Waals surface area contributed by atoms with Crippen molar-refractivity contribution in [2.45, 2.75) is 39.2 Å². The molecular weight excluding hydrogens is 310 g/mol. The van der Waals surface area contributed by atoms with Gasteiger partial charge in [-0.1, -0.05) is 25.5 Å². The number of rotatable bonds is 5. The quantitative estimate of drug-likeness (QED) is 0.873. The standard InChI is InChI=1S/C14H18BrNO3/c1-4-14(5-2,13(18)19)16-12(17)10-8-9(3)6-7-11(10)15/h6-8H,4-5H2,1-3H3,(H,16,17)(H,18,19). The molecule has 1 aromatic carbocycles. The summed E-state index contributed by atoms with van der Waals surface area (Å²) in [6, 6.07) is 5.40. The van der Waals surface area contributed by atoms with E-state index in [1.807, 2.05) is 13.0 Å². The first-order valence-electron chi connectivity index (χ1n) is 6.18. The minimum absolute atomic E-state index is 0.341. The Balaban J connectivity index is 3.07. The predicted octanol–water partition coefficient (Wildman–Crippen LogP) is 3.13. The fourth-order valence-electron chi connectivity index (χ4n) is 1.88. The van der Waals surface area contributed by atoms with Crippen LogP contribution in [0.15, 0.2) is 22.7 Å². The summed E-state index contributed by atoms with van der Waals surface area (Å²) in [6.07, 6.45) is 0.683. The summed E-state index contributed by atoms with van der Waals surface area (Å²) in [6.45, 7) is 5.39. The molecule has 0 heterocycles. The molecule has 19 heavy (non-hydrogen) atoms. The van der Waals surface area contributed by atoms with Crippen molar-refractivity contribution in [3.8, 4) is 0 Å². The van der Waals surface area contributed by atoms with Crippen molar-refractivity contribution in [2.75, 3.05) is 0 Å². The molecule has 0 aliphatic carbocycles. The van der Waals surface area contributed by atoms with Crippen molar-refractivity contribution in [2.24, 2.45) is 0 Å². The van der Waals surface area contributed by atoms with Crippen LogP contribution >= 0.6 is 15.9 Å². The number of carboxylic acid groups (broad SMARTS) is 1. The molecule has 0 unspecified atom stereocenters. The molecule has 1 aromatic rings. The number of carboxylic acids is 1. The number of nitrogens with one attached hydrogen (secondary N) is 1. The van der Waals surface area contributed by atoms with Gasteiger partial charge in [-0.15, -0.1) is 0 Å². The van der Waals surface area contributed by atoms with Crippen LogP contribution in [0.5, 0.6) is 0 Å². The molecule has 4 nitrogen and oxygen atoms in total. The van der Waals surface area contributed by atoms with Crippen LogP contribution in [0, 0.1) is 6.92 Å². The van der Waals surface area contributed by atoms with Gasteiger partial charge in [0.25, 0.3) is 5.91 Å². The highest BCUT2D eigenvalue weighted by Gasteiger charge is 2.36. The molecule has 2 N–H and O–H groups in total. The van der Waals surface area contributed by atoms with Gasteiger partial charge in [-0.05, 0) is 47.8 Å². The second kappa shape index (κ2) is 6.19. The lowest BCUT2D eigenvalue weighted by Crippen LogP contribution is -2.53. The number of hydrogen-bond donors (Lipinski definition) is 2. The third-order valence-electron chi connectivity index (χ3n) is 3.34. The van der Waals surface area contributed by atoms with Crippen LogP contribution in [-0.4, -0.2) is 22.5 Å². The molecule has 0 saturated heterocycles. The number of benzene rings is 1. The molecule has 0 fully saturated rings. The summed E-state index contributed by atoms with van der Waals surface area (Å²) in [7, 11) is 0. The lowest BCUT2D eigenvalue weighted by Gasteiger charge is -2.28. The second-order valence-corrected chi connectivity index (χ2v) is 5.39. The monoisotopic (exact) mass is 327 g/mol. The van der Waals surface area contributed by atoms with E-state index in [0.717, 1.165) is 5.56 Å². The molecule has 5 heteroatoms. The highest BCUT2D eigenvalue weighted by molar-refractivity contribution is 9.10. The van der Waals surface area contributed by atoms with Crippen molar-refractivity contribution in [3.63, 3.8) is 0 Å². The molecule has 0 atom stereocenters. The Morgan fingerprint density at radius 1 is 1.32 bits per heavy atom. The Labute approximate surface area is 121 Å². The Bertz CT molecular complexity index is 495. The van der Waals surface area contributed by atoms with Crippen molar-refractivity contribution >= 4 is 27.8 Å². The van der Waals surface area contributed by atoms with Crippen LogP contribution in [0.3, 0.4) is 0 Å². The third-order valence-corrected chi connectivity index (χ3v) is 4.03. The van der Waals surface area contributed by atoms with E-state index in [9.17, 15) is 14.7 Å². The van der Waals surface area contributed by atoms with E-state index < -0.39 is 11.5 Å². The number of hydrogen-bond acceptors (Lipinski definition) is 2. The van der Waals surface area contributed by atoms with Gasteiger partial charge in [0.2, 0.25) is 0 Å². The number of carbonyl (C=O) groups excluding carboxylic acids is 1. The van der Waals surface area contributed by atoms with Gasteiger partial charge >= 0.3 is 5.97 Å². The molecule has 0 saturated carbocycles. The summed E-state index contributed by atoms with van der Waals surface area (Å²) < 4.78 is 0.655. The van der Waals surface area contributed by atoms with Gasteiger partial charge < -0.3 is 10.4 Å². The van der Waals surface area contributed by atoms with Crippen LogP contribution in [-0.2, 0) is 4.79 Å². The first-order valence-corrected chi connectivity index (χ1v) is 6.97. The van der Waals surface area contributed by atoms with Crippen LogP contribution in [0.4, 0.5) is 0 Å². The summed E-state index contributed by atoms with van der Waals surface area (Å²) in [4.78, 5) is 23.6. The fourth-order valence-corrected chi connectivity index (χ4v) is 2.31. The average Bonchev–Trinajstić information content (AvgIpc) is 2.38. The third kappa shape index (κ3) is 3.35. The minimum atomic E-state index is -1.21. The summed E-state index contributed by atoms with van der Waals surface area (Å²) in [5.74, 6) is -1.38. The van der Waals surface area contributed by atoms with Gasteiger partial charge in [-0.3, -0.25) is 4.79 Å². The van der Waals surface area contributed by atoms with E-state index in [1.54, 1.807) is 26.0 Å². The van der Waals surface area contributed by atoms with Crippen LogP contribution in [0.25, 0.3) is 0 Å². The average molecular weight is 328 g/mol. The number of aryl methyl sites for hydroxylation is 1. The number of halogens is 1. The van der Waals surface area contributed by atoms with E-state index in [4.69, 9.17) is 0 Å². The molecule has 0 aromatic heterocycles. The first kappa shape index (κ1) is 15.7. The maximum absolute atomic E-state index is 12.3. The molecule has 0 aliphatic rings. The lowest BCUT2D eigenvalue weighted by molar-refractivity contribution is -0.144. The van der Waals surface area contributed by atoms with Gasteiger partial charge in [0.15, 0.2) is 0 Å². The van der Waals surface area contributed by atoms with E-state index in [0.29, 0.717) is 22.9 Å². The zero-order valence-electron chi connectivity index (χ0n) is 11.3. The van der Waals surface area contributed by atoms with Gasteiger partial charge in [-0.2, -0.15) is 0 Å². The van der Waals surface area contributed by atoms with E-state index in [-0.39, 0.29) is 5.91 Å². The Morgan fingerprint density at radius 2 is 1.89 bits per heavy atom. The van der Waals surface area contributed by atoms with E-state index in [2.05, 4.69) is 21.2 Å². The molecule has 104 valence electrons. The Hall–Kier alpha value is -1.36. The molecule has 0 spiro atoms. The highest BCUT2D eigenvalue weighted by Crippen LogP contribution is 2.21. The number of carbonyl (C=O) groups is 2. The second-order valence-electron chi connectivity index (χ2n) is 4.53. The molecule has 0 aliphatic heterocycles. The molecular formula is C14H18BrNO3. The fraction of sp³-hybridized carbons (Fsp3) is 0.429. The maximum atomic E-state index is 12.3. The van der Waals surface area contributed by atoms with E-state index in [1.165, 1.54) is 0 Å². The smallest absolute Gasteiger partial charge is 0.329 e. The van der Waals surface area contributed by atoms with Crippen molar-refractivity contribution in [3.05, 3.63) is 33.8 Å². The summed E-state index contributed by atoms with van der Waals surface area (Å²) >= 11 is 3.31. The lowest BCUT2D eigenvalue weighted by atomic mass is 9.92. The van der Waals surface area contributed by atoms with Crippen LogP contribution in [0.2, 0.25) is 0 Å². The van der Waals surface area contributed by atoms with Crippen molar-refractivity contribution < 1.29 is 14.7 Å². The molecule has 0 radical (unpaired) electrons. The largest absolute Gasteiger partial charge is 0.480 e.